The summed E-state index contributed by atoms with van der Waals surface area (Å²) in [6, 6.07) is 4.55. The Balaban J connectivity index is 2.05. The van der Waals surface area contributed by atoms with Crippen molar-refractivity contribution in [2.24, 2.45) is 11.3 Å². The van der Waals surface area contributed by atoms with Gasteiger partial charge in [-0.2, -0.15) is 0 Å². The largest absolute Gasteiger partial charge is 0.299 e. The Morgan fingerprint density at radius 3 is 2.69 bits per heavy atom. The molecule has 2 rings (SSSR count). The van der Waals surface area contributed by atoms with Gasteiger partial charge in [-0.25, -0.2) is 4.39 Å². The summed E-state index contributed by atoms with van der Waals surface area (Å²) >= 11 is 5.58. The van der Waals surface area contributed by atoms with Gasteiger partial charge in [-0.15, -0.1) is 0 Å². The van der Waals surface area contributed by atoms with Crippen molar-refractivity contribution < 1.29 is 9.18 Å². The lowest BCUT2D eigenvalue weighted by Gasteiger charge is -2.04. The first kappa shape index (κ1) is 11.6. The summed E-state index contributed by atoms with van der Waals surface area (Å²) in [4.78, 5) is 11.8. The Morgan fingerprint density at radius 2 is 2.19 bits per heavy atom. The predicted molar refractivity (Wildman–Crippen MR) is 62.0 cm³/mol. The van der Waals surface area contributed by atoms with Crippen LogP contribution in [0.15, 0.2) is 18.2 Å². The standard InChI is InChI=1S/C13H14ClFO/c1-13(2)7-9(13)12(16)6-8-3-4-10(14)11(15)5-8/h3-5,9H,6-7H2,1-2H3. The van der Waals surface area contributed by atoms with Crippen LogP contribution in [-0.4, -0.2) is 5.78 Å². The molecule has 0 radical (unpaired) electrons. The first-order chi connectivity index (χ1) is 7.40. The topological polar surface area (TPSA) is 17.1 Å². The normalized spacial score (nSPS) is 21.9. The van der Waals surface area contributed by atoms with Crippen LogP contribution in [0.2, 0.25) is 5.02 Å². The molecule has 3 heteroatoms. The molecule has 1 aliphatic carbocycles. The Labute approximate surface area is 99.6 Å². The zero-order valence-electron chi connectivity index (χ0n) is 9.39. The molecule has 1 atom stereocenters. The summed E-state index contributed by atoms with van der Waals surface area (Å²) in [5.41, 5.74) is 0.844. The highest BCUT2D eigenvalue weighted by Gasteiger charge is 2.49. The van der Waals surface area contributed by atoms with E-state index < -0.39 is 5.82 Å². The molecule has 1 saturated carbocycles. The maximum Gasteiger partial charge on any atom is 0.142 e. The second kappa shape index (κ2) is 3.85. The third-order valence-electron chi connectivity index (χ3n) is 3.26. The van der Waals surface area contributed by atoms with Gasteiger partial charge < -0.3 is 0 Å². The molecule has 1 unspecified atom stereocenters. The predicted octanol–water partition coefficient (Wildman–Crippen LogP) is 3.64. The molecule has 1 aliphatic rings. The van der Waals surface area contributed by atoms with Crippen molar-refractivity contribution in [3.8, 4) is 0 Å². The molecule has 0 heterocycles. The van der Waals surface area contributed by atoms with E-state index in [0.717, 1.165) is 6.42 Å². The molecule has 0 saturated heterocycles. The van der Waals surface area contributed by atoms with Gasteiger partial charge >= 0.3 is 0 Å². The second-order valence-electron chi connectivity index (χ2n) is 5.14. The van der Waals surface area contributed by atoms with Crippen molar-refractivity contribution in [1.29, 1.82) is 0 Å². The number of rotatable bonds is 3. The van der Waals surface area contributed by atoms with Crippen LogP contribution in [0.1, 0.15) is 25.8 Å². The van der Waals surface area contributed by atoms with E-state index in [2.05, 4.69) is 13.8 Å². The van der Waals surface area contributed by atoms with E-state index in [1.54, 1.807) is 6.07 Å². The van der Waals surface area contributed by atoms with Crippen LogP contribution in [-0.2, 0) is 11.2 Å². The van der Waals surface area contributed by atoms with Crippen molar-refractivity contribution in [1.82, 2.24) is 0 Å². The Kier molecular flexibility index (Phi) is 2.79. The zero-order chi connectivity index (χ0) is 11.9. The van der Waals surface area contributed by atoms with Crippen molar-refractivity contribution in [2.45, 2.75) is 26.7 Å². The van der Waals surface area contributed by atoms with Crippen LogP contribution in [0.5, 0.6) is 0 Å². The number of benzene rings is 1. The van der Waals surface area contributed by atoms with E-state index in [-0.39, 0.29) is 22.1 Å². The lowest BCUT2D eigenvalue weighted by atomic mass is 10.0. The highest BCUT2D eigenvalue weighted by atomic mass is 35.5. The van der Waals surface area contributed by atoms with Gasteiger partial charge in [0.15, 0.2) is 0 Å². The van der Waals surface area contributed by atoms with Gasteiger partial charge in [-0.1, -0.05) is 31.5 Å². The molecule has 0 N–H and O–H groups in total. The number of carbonyl (C=O) groups excluding carboxylic acids is 1. The van der Waals surface area contributed by atoms with Gasteiger partial charge in [0.2, 0.25) is 0 Å². The lowest BCUT2D eigenvalue weighted by Crippen LogP contribution is -2.09. The van der Waals surface area contributed by atoms with Gasteiger partial charge in [-0.05, 0) is 29.5 Å². The van der Waals surface area contributed by atoms with Gasteiger partial charge in [0.1, 0.15) is 11.6 Å². The number of ketones is 1. The lowest BCUT2D eigenvalue weighted by molar-refractivity contribution is -0.120. The average molecular weight is 241 g/mol. The highest BCUT2D eigenvalue weighted by molar-refractivity contribution is 6.30. The molecule has 0 bridgehead atoms. The van der Waals surface area contributed by atoms with Crippen LogP contribution >= 0.6 is 11.6 Å². The van der Waals surface area contributed by atoms with E-state index in [9.17, 15) is 9.18 Å². The first-order valence-corrected chi connectivity index (χ1v) is 5.74. The molecule has 0 amide bonds. The fourth-order valence-electron chi connectivity index (χ4n) is 1.99. The third kappa shape index (κ3) is 2.27. The fraction of sp³-hybridized carbons (Fsp3) is 0.462. The van der Waals surface area contributed by atoms with E-state index in [1.165, 1.54) is 12.1 Å². The summed E-state index contributed by atoms with van der Waals surface area (Å²) in [6.07, 6.45) is 1.25. The molecule has 1 nitrogen and oxygen atoms in total. The maximum absolute atomic E-state index is 13.2. The van der Waals surface area contributed by atoms with E-state index in [1.807, 2.05) is 0 Å². The van der Waals surface area contributed by atoms with Crippen molar-refractivity contribution in [3.05, 3.63) is 34.6 Å². The van der Waals surface area contributed by atoms with Crippen molar-refractivity contribution >= 4 is 17.4 Å². The summed E-state index contributed by atoms with van der Waals surface area (Å²) in [5, 5.41) is 0.1000. The smallest absolute Gasteiger partial charge is 0.142 e. The van der Waals surface area contributed by atoms with Crippen LogP contribution < -0.4 is 0 Å². The Morgan fingerprint density at radius 1 is 1.56 bits per heavy atom. The van der Waals surface area contributed by atoms with Crippen LogP contribution in [0, 0.1) is 17.2 Å². The van der Waals surface area contributed by atoms with Crippen LogP contribution in [0.25, 0.3) is 0 Å². The molecule has 0 aliphatic heterocycles. The minimum Gasteiger partial charge on any atom is -0.299 e. The summed E-state index contributed by atoms with van der Waals surface area (Å²) in [5.74, 6) is -0.111. The van der Waals surface area contributed by atoms with Gasteiger partial charge in [0.25, 0.3) is 0 Å². The van der Waals surface area contributed by atoms with Crippen LogP contribution in [0.3, 0.4) is 0 Å². The number of hydrogen-bond acceptors (Lipinski definition) is 1. The van der Waals surface area contributed by atoms with Crippen LogP contribution in [0.4, 0.5) is 4.39 Å². The second-order valence-corrected chi connectivity index (χ2v) is 5.54. The summed E-state index contributed by atoms with van der Waals surface area (Å²) in [7, 11) is 0. The van der Waals surface area contributed by atoms with Crippen molar-refractivity contribution in [3.63, 3.8) is 0 Å². The minimum atomic E-state index is -0.456. The monoisotopic (exact) mass is 240 g/mol. The molecule has 1 aromatic carbocycles. The van der Waals surface area contributed by atoms with E-state index in [0.29, 0.717) is 12.0 Å². The minimum absolute atomic E-state index is 0.1000. The molecule has 0 spiro atoms. The number of halogens is 2. The highest BCUT2D eigenvalue weighted by Crippen LogP contribution is 2.52. The van der Waals surface area contributed by atoms with Gasteiger partial charge in [-0.3, -0.25) is 4.79 Å². The number of Topliss-reactive ketones (excluding diaryl/α,β-unsaturated/α-hetero) is 1. The van der Waals surface area contributed by atoms with Gasteiger partial charge in [0.05, 0.1) is 5.02 Å². The van der Waals surface area contributed by atoms with Crippen molar-refractivity contribution in [2.75, 3.05) is 0 Å². The number of hydrogen-bond donors (Lipinski definition) is 0. The third-order valence-corrected chi connectivity index (χ3v) is 3.57. The molecule has 16 heavy (non-hydrogen) atoms. The fourth-order valence-corrected chi connectivity index (χ4v) is 2.11. The molecule has 1 aromatic rings. The summed E-state index contributed by atoms with van der Waals surface area (Å²) in [6.45, 7) is 4.16. The van der Waals surface area contributed by atoms with E-state index in [4.69, 9.17) is 11.6 Å². The van der Waals surface area contributed by atoms with E-state index >= 15 is 0 Å². The Bertz CT molecular complexity index is 440. The summed E-state index contributed by atoms with van der Waals surface area (Å²) < 4.78 is 13.2. The SMILES string of the molecule is CC1(C)CC1C(=O)Cc1ccc(Cl)c(F)c1. The average Bonchev–Trinajstić information content (AvgIpc) is 2.82. The molecule has 0 aromatic heterocycles. The molecule has 1 fully saturated rings. The first-order valence-electron chi connectivity index (χ1n) is 5.37. The maximum atomic E-state index is 13.2. The zero-order valence-corrected chi connectivity index (χ0v) is 10.1. The molecular formula is C13H14ClFO. The van der Waals surface area contributed by atoms with Gasteiger partial charge in [0, 0.05) is 12.3 Å². The Hall–Kier alpha value is -0.890. The quantitative estimate of drug-likeness (QED) is 0.789. The molecule has 86 valence electrons. The number of carbonyl (C=O) groups is 1. The molecular weight excluding hydrogens is 227 g/mol.